The van der Waals surface area contributed by atoms with Crippen molar-refractivity contribution in [2.24, 2.45) is 0 Å². The normalized spacial score (nSPS) is 14.2. The predicted molar refractivity (Wildman–Crippen MR) is 103 cm³/mol. The van der Waals surface area contributed by atoms with Crippen LogP contribution in [0.3, 0.4) is 0 Å². The van der Waals surface area contributed by atoms with E-state index in [0.717, 1.165) is 23.0 Å². The monoisotopic (exact) mass is 400 g/mol. The number of nitrogens with one attached hydrogen (secondary N) is 1. The van der Waals surface area contributed by atoms with Crippen molar-refractivity contribution in [1.29, 1.82) is 0 Å². The van der Waals surface area contributed by atoms with Crippen molar-refractivity contribution in [3.05, 3.63) is 70.0 Å². The number of halogens is 2. The summed E-state index contributed by atoms with van der Waals surface area (Å²) in [6.45, 7) is 2.25. The molecule has 29 heavy (non-hydrogen) atoms. The molecule has 1 amide bonds. The number of nitrogens with zero attached hydrogens (tertiary/aromatic N) is 3. The highest BCUT2D eigenvalue weighted by molar-refractivity contribution is 5.92. The second-order valence-electron chi connectivity index (χ2n) is 6.63. The average Bonchev–Trinajstić information content (AvgIpc) is 2.73. The zero-order chi connectivity index (χ0) is 20.4. The lowest BCUT2D eigenvalue weighted by Crippen LogP contribution is -2.41. The van der Waals surface area contributed by atoms with Crippen molar-refractivity contribution in [2.75, 3.05) is 36.6 Å². The molecule has 2 aromatic carbocycles. The van der Waals surface area contributed by atoms with Crippen LogP contribution in [0.25, 0.3) is 10.8 Å². The number of ether oxygens (including phenoxy) is 1. The number of carbonyl (C=O) groups excluding carboxylic acids is 1. The highest BCUT2D eigenvalue weighted by atomic mass is 19.1. The SMILES string of the molecule is O=C(Cc1cc(F)ccc1F)Nn1nc(N2CCOCC2)c2ccccc2c1=O. The van der Waals surface area contributed by atoms with Crippen LogP contribution < -0.4 is 15.9 Å². The van der Waals surface area contributed by atoms with Crippen LogP contribution in [0, 0.1) is 11.6 Å². The van der Waals surface area contributed by atoms with Crippen LogP contribution in [-0.2, 0) is 16.0 Å². The first kappa shape index (κ1) is 19.0. The van der Waals surface area contributed by atoms with Crippen molar-refractivity contribution in [1.82, 2.24) is 9.89 Å². The van der Waals surface area contributed by atoms with Crippen LogP contribution in [-0.4, -0.2) is 42.1 Å². The second kappa shape index (κ2) is 7.96. The molecule has 1 saturated heterocycles. The van der Waals surface area contributed by atoms with Gasteiger partial charge in [-0.15, -0.1) is 9.89 Å². The molecule has 0 aliphatic carbocycles. The Bertz CT molecular complexity index is 1130. The van der Waals surface area contributed by atoms with E-state index in [-0.39, 0.29) is 5.56 Å². The maximum Gasteiger partial charge on any atom is 0.294 e. The summed E-state index contributed by atoms with van der Waals surface area (Å²) in [4.78, 5) is 28.0. The molecule has 1 fully saturated rings. The quantitative estimate of drug-likeness (QED) is 0.723. The number of hydrogen-bond acceptors (Lipinski definition) is 5. The van der Waals surface area contributed by atoms with Gasteiger partial charge in [0.2, 0.25) is 5.91 Å². The maximum absolute atomic E-state index is 13.8. The van der Waals surface area contributed by atoms with Gasteiger partial charge in [-0.3, -0.25) is 9.59 Å². The van der Waals surface area contributed by atoms with Gasteiger partial charge in [0, 0.05) is 24.0 Å². The van der Waals surface area contributed by atoms with Gasteiger partial charge in [-0.05, 0) is 24.3 Å². The molecular weight excluding hydrogens is 382 g/mol. The summed E-state index contributed by atoms with van der Waals surface area (Å²) in [5.74, 6) is -1.49. The third kappa shape index (κ3) is 3.95. The van der Waals surface area contributed by atoms with E-state index in [4.69, 9.17) is 4.74 Å². The summed E-state index contributed by atoms with van der Waals surface area (Å²) >= 11 is 0. The molecule has 0 atom stereocenters. The highest BCUT2D eigenvalue weighted by Crippen LogP contribution is 2.22. The van der Waals surface area contributed by atoms with E-state index >= 15 is 0 Å². The van der Waals surface area contributed by atoms with E-state index in [1.54, 1.807) is 18.2 Å². The highest BCUT2D eigenvalue weighted by Gasteiger charge is 2.19. The lowest BCUT2D eigenvalue weighted by molar-refractivity contribution is -0.116. The molecule has 3 aromatic rings. The van der Waals surface area contributed by atoms with Gasteiger partial charge in [0.05, 0.1) is 25.0 Å². The first-order valence-corrected chi connectivity index (χ1v) is 9.11. The van der Waals surface area contributed by atoms with Gasteiger partial charge in [-0.1, -0.05) is 18.2 Å². The number of rotatable bonds is 4. The molecule has 1 aliphatic heterocycles. The van der Waals surface area contributed by atoms with Crippen molar-refractivity contribution >= 4 is 22.5 Å². The Morgan fingerprint density at radius 2 is 1.83 bits per heavy atom. The van der Waals surface area contributed by atoms with E-state index in [2.05, 4.69) is 10.5 Å². The Hall–Kier alpha value is -3.33. The van der Waals surface area contributed by atoms with Gasteiger partial charge in [-0.2, -0.15) is 0 Å². The third-order valence-corrected chi connectivity index (χ3v) is 4.69. The summed E-state index contributed by atoms with van der Waals surface area (Å²) in [6.07, 6.45) is -0.433. The Morgan fingerprint density at radius 3 is 2.59 bits per heavy atom. The second-order valence-corrected chi connectivity index (χ2v) is 6.63. The molecule has 0 radical (unpaired) electrons. The Morgan fingerprint density at radius 1 is 1.10 bits per heavy atom. The molecule has 0 saturated carbocycles. The van der Waals surface area contributed by atoms with Gasteiger partial charge < -0.3 is 9.64 Å². The zero-order valence-electron chi connectivity index (χ0n) is 15.4. The first-order chi connectivity index (χ1) is 14.0. The number of amides is 1. The number of morpholine rings is 1. The summed E-state index contributed by atoms with van der Waals surface area (Å²) in [7, 11) is 0. The van der Waals surface area contributed by atoms with Crippen LogP contribution in [0.5, 0.6) is 0 Å². The lowest BCUT2D eigenvalue weighted by Gasteiger charge is -2.29. The fourth-order valence-electron chi connectivity index (χ4n) is 3.27. The van der Waals surface area contributed by atoms with E-state index in [1.165, 1.54) is 0 Å². The number of hydrogen-bond donors (Lipinski definition) is 1. The van der Waals surface area contributed by atoms with E-state index in [1.807, 2.05) is 11.0 Å². The maximum atomic E-state index is 13.8. The van der Waals surface area contributed by atoms with E-state index < -0.39 is 29.5 Å². The standard InChI is InChI=1S/C20H18F2N4O3/c21-14-5-6-17(22)13(11-14)12-18(27)23-26-20(28)16-4-2-1-3-15(16)19(24-26)25-7-9-29-10-8-25/h1-6,11H,7-10,12H2,(H,23,27). The minimum absolute atomic E-state index is 0.107. The van der Waals surface area contributed by atoms with Crippen molar-refractivity contribution in [2.45, 2.75) is 6.42 Å². The minimum Gasteiger partial charge on any atom is -0.378 e. The number of anilines is 1. The molecule has 9 heteroatoms. The van der Waals surface area contributed by atoms with Crippen LogP contribution in [0.1, 0.15) is 5.56 Å². The van der Waals surface area contributed by atoms with Gasteiger partial charge in [0.1, 0.15) is 11.6 Å². The van der Waals surface area contributed by atoms with E-state index in [9.17, 15) is 18.4 Å². The molecule has 0 bridgehead atoms. The van der Waals surface area contributed by atoms with Gasteiger partial charge >= 0.3 is 0 Å². The van der Waals surface area contributed by atoms with Crippen LogP contribution in [0.4, 0.5) is 14.6 Å². The van der Waals surface area contributed by atoms with Crippen LogP contribution >= 0.6 is 0 Å². The summed E-state index contributed by atoms with van der Waals surface area (Å²) in [6, 6.07) is 9.85. The Labute approximate surface area is 164 Å². The Kier molecular flexibility index (Phi) is 5.22. The topological polar surface area (TPSA) is 76.5 Å². The summed E-state index contributed by atoms with van der Waals surface area (Å²) < 4.78 is 32.5. The predicted octanol–water partition coefficient (Wildman–Crippen LogP) is 1.82. The Balaban J connectivity index is 1.68. The first-order valence-electron chi connectivity index (χ1n) is 9.11. The zero-order valence-corrected chi connectivity index (χ0v) is 15.4. The fraction of sp³-hybridized carbons (Fsp3) is 0.250. The molecule has 1 aromatic heterocycles. The van der Waals surface area contributed by atoms with Gasteiger partial charge in [0.25, 0.3) is 5.56 Å². The van der Waals surface area contributed by atoms with Crippen molar-refractivity contribution < 1.29 is 18.3 Å². The van der Waals surface area contributed by atoms with Crippen LogP contribution in [0.2, 0.25) is 0 Å². The average molecular weight is 400 g/mol. The van der Waals surface area contributed by atoms with Gasteiger partial charge in [-0.25, -0.2) is 14.2 Å². The molecule has 1 aliphatic rings. The van der Waals surface area contributed by atoms with Gasteiger partial charge in [0.15, 0.2) is 5.82 Å². The van der Waals surface area contributed by atoms with Crippen molar-refractivity contribution in [3.8, 4) is 0 Å². The third-order valence-electron chi connectivity index (χ3n) is 4.69. The van der Waals surface area contributed by atoms with Crippen LogP contribution in [0.15, 0.2) is 47.3 Å². The smallest absolute Gasteiger partial charge is 0.294 e. The van der Waals surface area contributed by atoms with Crippen molar-refractivity contribution in [3.63, 3.8) is 0 Å². The number of fused-ring (bicyclic) bond motifs is 1. The molecule has 1 N–H and O–H groups in total. The summed E-state index contributed by atoms with van der Waals surface area (Å²) in [5, 5.41) is 5.38. The molecular formula is C20H18F2N4O3. The number of carbonyl (C=O) groups is 1. The minimum atomic E-state index is -0.700. The number of benzene rings is 2. The lowest BCUT2D eigenvalue weighted by atomic mass is 10.1. The molecule has 0 spiro atoms. The molecule has 4 rings (SSSR count). The molecule has 150 valence electrons. The summed E-state index contributed by atoms with van der Waals surface area (Å²) in [5.41, 5.74) is 1.77. The molecule has 2 heterocycles. The molecule has 0 unspecified atom stereocenters. The number of aromatic nitrogens is 2. The largest absolute Gasteiger partial charge is 0.378 e. The fourth-order valence-corrected chi connectivity index (χ4v) is 3.27. The van der Waals surface area contributed by atoms with E-state index in [0.29, 0.717) is 42.9 Å². The molecule has 7 nitrogen and oxygen atoms in total.